The molecule has 4 nitrogen and oxygen atoms in total. The van der Waals surface area contributed by atoms with Gasteiger partial charge in [-0.1, -0.05) is 43.6 Å². The van der Waals surface area contributed by atoms with Crippen molar-refractivity contribution in [2.45, 2.75) is 0 Å². The average Bonchev–Trinajstić information content (AvgIpc) is 2.92. The van der Waals surface area contributed by atoms with Crippen molar-refractivity contribution < 1.29 is 0 Å². The topological polar surface area (TPSA) is 64.7 Å². The summed E-state index contributed by atoms with van der Waals surface area (Å²) in [5.74, 6) is 0.392. The minimum Gasteiger partial charge on any atom is -0.383 e. The van der Waals surface area contributed by atoms with Crippen LogP contribution in [0.5, 0.6) is 0 Å². The quantitative estimate of drug-likeness (QED) is 0.619. The summed E-state index contributed by atoms with van der Waals surface area (Å²) in [5, 5.41) is 5.07. The molecule has 0 radical (unpaired) electrons. The molecular weight excluding hydrogens is 395 g/mol. The number of anilines is 1. The fourth-order valence-electron chi connectivity index (χ4n) is 1.88. The van der Waals surface area contributed by atoms with Gasteiger partial charge in [-0.25, -0.2) is 4.98 Å². The van der Waals surface area contributed by atoms with Crippen LogP contribution in [0.2, 0.25) is 10.0 Å². The summed E-state index contributed by atoms with van der Waals surface area (Å²) < 4.78 is 4.83. The summed E-state index contributed by atoms with van der Waals surface area (Å²) in [6.45, 7) is 0. The summed E-state index contributed by atoms with van der Waals surface area (Å²) in [7, 11) is 0. The zero-order valence-electron chi connectivity index (χ0n) is 10.3. The Hall–Kier alpha value is -1.21. The monoisotopic (exact) mass is 400 g/mol. The summed E-state index contributed by atoms with van der Waals surface area (Å²) in [5.41, 5.74) is 8.02. The summed E-state index contributed by atoms with van der Waals surface area (Å²) in [6.07, 6.45) is 1.63. The summed E-state index contributed by atoms with van der Waals surface area (Å²) in [4.78, 5) is 4.87. The molecular formula is C13H7BrCl2N4S. The van der Waals surface area contributed by atoms with Crippen LogP contribution in [0.25, 0.3) is 21.7 Å². The first-order valence-electron chi connectivity index (χ1n) is 5.76. The van der Waals surface area contributed by atoms with E-state index in [0.717, 1.165) is 14.9 Å². The normalized spacial score (nSPS) is 10.8. The van der Waals surface area contributed by atoms with Crippen LogP contribution in [0.3, 0.4) is 0 Å². The van der Waals surface area contributed by atoms with Crippen molar-refractivity contribution in [3.8, 4) is 21.7 Å². The molecule has 0 spiro atoms. The Morgan fingerprint density at radius 1 is 1.19 bits per heavy atom. The molecule has 3 aromatic rings. The predicted octanol–water partition coefficient (Wildman–Crippen LogP) is 4.92. The van der Waals surface area contributed by atoms with Crippen LogP contribution >= 0.6 is 50.7 Å². The van der Waals surface area contributed by atoms with Crippen LogP contribution in [0, 0.1) is 0 Å². The van der Waals surface area contributed by atoms with E-state index in [2.05, 4.69) is 30.5 Å². The minimum absolute atomic E-state index is 0.392. The van der Waals surface area contributed by atoms with Gasteiger partial charge in [-0.2, -0.15) is 0 Å². The molecule has 2 N–H and O–H groups in total. The van der Waals surface area contributed by atoms with Gasteiger partial charge in [0.05, 0.1) is 14.9 Å². The standard InChI is InChI=1S/C13H7BrCl2N4S/c14-6-4-8(10(16)9(15)5-6)12-11(19-20-21-12)7-2-1-3-18-13(7)17/h1-5H,(H2,17,18). The Labute approximate surface area is 143 Å². The van der Waals surface area contributed by atoms with Gasteiger partial charge in [0.2, 0.25) is 0 Å². The molecule has 2 heterocycles. The van der Waals surface area contributed by atoms with Gasteiger partial charge >= 0.3 is 0 Å². The van der Waals surface area contributed by atoms with E-state index >= 15 is 0 Å². The first-order valence-corrected chi connectivity index (χ1v) is 8.08. The van der Waals surface area contributed by atoms with Crippen molar-refractivity contribution in [1.29, 1.82) is 0 Å². The van der Waals surface area contributed by atoms with Crippen molar-refractivity contribution in [2.75, 3.05) is 5.73 Å². The zero-order chi connectivity index (χ0) is 15.0. The maximum Gasteiger partial charge on any atom is 0.132 e. The summed E-state index contributed by atoms with van der Waals surface area (Å²) in [6, 6.07) is 7.25. The maximum absolute atomic E-state index is 6.31. The fraction of sp³-hybridized carbons (Fsp3) is 0. The van der Waals surface area contributed by atoms with E-state index in [1.165, 1.54) is 11.5 Å². The number of pyridine rings is 1. The highest BCUT2D eigenvalue weighted by molar-refractivity contribution is 9.10. The van der Waals surface area contributed by atoms with Gasteiger partial charge in [-0.15, -0.1) is 5.10 Å². The molecule has 0 saturated carbocycles. The smallest absolute Gasteiger partial charge is 0.132 e. The maximum atomic E-state index is 6.31. The molecule has 0 atom stereocenters. The lowest BCUT2D eigenvalue weighted by atomic mass is 10.1. The highest BCUT2D eigenvalue weighted by atomic mass is 79.9. The van der Waals surface area contributed by atoms with Crippen molar-refractivity contribution >= 4 is 56.5 Å². The number of hydrogen-bond donors (Lipinski definition) is 1. The first kappa shape index (κ1) is 14.7. The highest BCUT2D eigenvalue weighted by Gasteiger charge is 2.19. The van der Waals surface area contributed by atoms with E-state index < -0.39 is 0 Å². The zero-order valence-corrected chi connectivity index (χ0v) is 14.3. The van der Waals surface area contributed by atoms with Crippen LogP contribution in [0.15, 0.2) is 34.9 Å². The van der Waals surface area contributed by atoms with Crippen LogP contribution in [-0.2, 0) is 0 Å². The van der Waals surface area contributed by atoms with Crippen LogP contribution < -0.4 is 5.73 Å². The van der Waals surface area contributed by atoms with Crippen LogP contribution in [-0.4, -0.2) is 14.6 Å². The number of benzene rings is 1. The van der Waals surface area contributed by atoms with Gasteiger partial charge in [-0.3, -0.25) is 0 Å². The molecule has 106 valence electrons. The predicted molar refractivity (Wildman–Crippen MR) is 90.7 cm³/mol. The molecule has 0 aliphatic rings. The van der Waals surface area contributed by atoms with E-state index in [9.17, 15) is 0 Å². The number of halogens is 3. The van der Waals surface area contributed by atoms with Gasteiger partial charge in [0.15, 0.2) is 0 Å². The number of nitrogens with zero attached hydrogens (tertiary/aromatic N) is 3. The Balaban J connectivity index is 2.23. The van der Waals surface area contributed by atoms with Crippen LogP contribution in [0.4, 0.5) is 5.82 Å². The molecule has 21 heavy (non-hydrogen) atoms. The van der Waals surface area contributed by atoms with Crippen molar-refractivity contribution in [1.82, 2.24) is 14.6 Å². The van der Waals surface area contributed by atoms with Crippen molar-refractivity contribution in [2.24, 2.45) is 0 Å². The molecule has 0 aliphatic heterocycles. The second kappa shape index (κ2) is 5.88. The lowest BCUT2D eigenvalue weighted by Gasteiger charge is -2.07. The van der Waals surface area contributed by atoms with E-state index in [1.54, 1.807) is 18.3 Å². The molecule has 3 rings (SSSR count). The SMILES string of the molecule is Nc1ncccc1-c1nnsc1-c1cc(Br)cc(Cl)c1Cl. The van der Waals surface area contributed by atoms with E-state index in [4.69, 9.17) is 28.9 Å². The van der Waals surface area contributed by atoms with Crippen molar-refractivity contribution in [3.05, 3.63) is 45.0 Å². The van der Waals surface area contributed by atoms with Gasteiger partial charge in [0.1, 0.15) is 11.5 Å². The molecule has 0 bridgehead atoms. The molecule has 0 unspecified atom stereocenters. The Bertz CT molecular complexity index is 822. The fourth-order valence-corrected chi connectivity index (χ4v) is 3.65. The van der Waals surface area contributed by atoms with Gasteiger partial charge in [0, 0.05) is 21.8 Å². The Kier molecular flexibility index (Phi) is 4.12. The second-order valence-corrected chi connectivity index (χ2v) is 6.59. The second-order valence-electron chi connectivity index (χ2n) is 4.14. The largest absolute Gasteiger partial charge is 0.383 e. The number of rotatable bonds is 2. The molecule has 0 saturated heterocycles. The van der Waals surface area contributed by atoms with Gasteiger partial charge in [-0.05, 0) is 35.8 Å². The van der Waals surface area contributed by atoms with E-state index in [-0.39, 0.29) is 0 Å². The van der Waals surface area contributed by atoms with Crippen molar-refractivity contribution in [3.63, 3.8) is 0 Å². The average molecular weight is 402 g/mol. The van der Waals surface area contributed by atoms with Gasteiger partial charge in [0.25, 0.3) is 0 Å². The summed E-state index contributed by atoms with van der Waals surface area (Å²) >= 11 is 17.1. The lowest BCUT2D eigenvalue weighted by Crippen LogP contribution is -1.94. The number of aromatic nitrogens is 3. The van der Waals surface area contributed by atoms with E-state index in [1.807, 2.05) is 12.1 Å². The van der Waals surface area contributed by atoms with E-state index in [0.29, 0.717) is 27.1 Å². The number of hydrogen-bond acceptors (Lipinski definition) is 5. The number of nitrogen functional groups attached to an aromatic ring is 1. The van der Waals surface area contributed by atoms with Gasteiger partial charge < -0.3 is 5.73 Å². The molecule has 2 aromatic heterocycles. The molecule has 8 heteroatoms. The number of nitrogens with two attached hydrogens (primary N) is 1. The van der Waals surface area contributed by atoms with Crippen LogP contribution in [0.1, 0.15) is 0 Å². The molecule has 0 aliphatic carbocycles. The lowest BCUT2D eigenvalue weighted by molar-refractivity contribution is 1.16. The molecule has 0 fully saturated rings. The first-order chi connectivity index (χ1) is 10.1. The third kappa shape index (κ3) is 2.76. The highest BCUT2D eigenvalue weighted by Crippen LogP contribution is 2.42. The Morgan fingerprint density at radius 2 is 2.00 bits per heavy atom. The third-order valence-corrected chi connectivity index (χ3v) is 4.84. The molecule has 1 aromatic carbocycles. The third-order valence-electron chi connectivity index (χ3n) is 2.82. The molecule has 0 amide bonds. The Morgan fingerprint density at radius 3 is 2.76 bits per heavy atom. The minimum atomic E-state index is 0.392.